The average Bonchev–Trinajstić information content (AvgIpc) is 3.34. The summed E-state index contributed by atoms with van der Waals surface area (Å²) in [7, 11) is 1.44. The first kappa shape index (κ1) is 46.0. The lowest BCUT2D eigenvalue weighted by molar-refractivity contribution is -0.160. The molecule has 1 saturated carbocycles. The van der Waals surface area contributed by atoms with Crippen molar-refractivity contribution in [3.8, 4) is 23.0 Å². The molecule has 9 atom stereocenters. The number of amides is 1. The molecule has 1 amide bonds. The Balaban J connectivity index is 1.69. The largest absolute Gasteiger partial charge is 0.507 e. The third kappa shape index (κ3) is 9.27. The monoisotopic (exact) mass is 835 g/mol. The summed E-state index contributed by atoms with van der Waals surface area (Å²) >= 11 is 0. The number of hydrogen-bond donors (Lipinski definition) is 7. The van der Waals surface area contributed by atoms with Gasteiger partial charge in [-0.15, -0.1) is 0 Å². The number of carbonyl (C=O) groups is 3. The number of hydrazone groups is 1. The van der Waals surface area contributed by atoms with Crippen molar-refractivity contribution in [2.75, 3.05) is 12.4 Å². The van der Waals surface area contributed by atoms with Crippen LogP contribution < -0.4 is 15.5 Å². The van der Waals surface area contributed by atoms with Crippen LogP contribution in [-0.4, -0.2) is 92.8 Å². The van der Waals surface area contributed by atoms with Gasteiger partial charge >= 0.3 is 11.8 Å². The van der Waals surface area contributed by atoms with Crippen LogP contribution in [0.4, 0.5) is 5.69 Å². The van der Waals surface area contributed by atoms with Crippen molar-refractivity contribution < 1.29 is 58.9 Å². The summed E-state index contributed by atoms with van der Waals surface area (Å²) in [6, 6.07) is 0.0598. The molecule has 3 heterocycles. The number of phenolic OH excluding ortho intramolecular Hbond substituents is 3. The number of nitrogens with zero attached hydrogens (tertiary/aromatic N) is 1. The quantitative estimate of drug-likeness (QED) is 0.0433. The van der Waals surface area contributed by atoms with E-state index in [2.05, 4.69) is 15.8 Å². The predicted octanol–water partition coefficient (Wildman–Crippen LogP) is 6.40. The number of anilines is 1. The zero-order valence-corrected chi connectivity index (χ0v) is 35.9. The van der Waals surface area contributed by atoms with Crippen molar-refractivity contribution in [2.45, 2.75) is 130 Å². The maximum atomic E-state index is 14.4. The number of rotatable bonds is 5. The first-order valence-corrected chi connectivity index (χ1v) is 20.7. The molecule has 2 aromatic rings. The average molecular weight is 836 g/mol. The normalized spacial score (nSPS) is 29.9. The zero-order valence-electron chi connectivity index (χ0n) is 35.9. The van der Waals surface area contributed by atoms with Crippen molar-refractivity contribution in [1.29, 1.82) is 0 Å². The molecule has 1 aliphatic carbocycles. The van der Waals surface area contributed by atoms with Crippen LogP contribution in [-0.2, 0) is 23.8 Å². The van der Waals surface area contributed by atoms with Crippen molar-refractivity contribution >= 4 is 40.3 Å². The molecule has 7 N–H and O–H groups in total. The number of benzene rings is 2. The summed E-state index contributed by atoms with van der Waals surface area (Å²) in [6.45, 7) is 12.5. The molecular weight excluding hydrogens is 775 g/mol. The van der Waals surface area contributed by atoms with Crippen LogP contribution in [0.3, 0.4) is 0 Å². The SMILES string of the molecule is COC1C=COC2(C)Oc3c(C)c(O)c4c(O)c(c(C=NNC5CCCCCC5)c(O)c4c3C2=O)NC(=O)C(C)=CC=CC(C)C(O)C(C)C(O)C(C)C(OC(C)=O)C1C. The lowest BCUT2D eigenvalue weighted by atomic mass is 9.78. The van der Waals surface area contributed by atoms with E-state index < -0.39 is 88.8 Å². The topological polar surface area (TPSA) is 226 Å². The Morgan fingerprint density at radius 2 is 1.60 bits per heavy atom. The first-order chi connectivity index (χ1) is 28.3. The van der Waals surface area contributed by atoms with Gasteiger partial charge in [-0.1, -0.05) is 71.6 Å². The zero-order chi connectivity index (χ0) is 44.2. The van der Waals surface area contributed by atoms with Crippen LogP contribution in [0.2, 0.25) is 0 Å². The van der Waals surface area contributed by atoms with Crippen LogP contribution in [0.25, 0.3) is 10.8 Å². The molecule has 9 unspecified atom stereocenters. The molecule has 5 bridgehead atoms. The number of aliphatic hydroxyl groups is 2. The summed E-state index contributed by atoms with van der Waals surface area (Å²) in [6.07, 6.45) is 10.9. The predicted molar refractivity (Wildman–Crippen MR) is 226 cm³/mol. The number of Topliss-reactive ketones (excluding diaryl/α,β-unsaturated/α-hetero) is 1. The third-order valence-electron chi connectivity index (χ3n) is 12.3. The van der Waals surface area contributed by atoms with Crippen LogP contribution >= 0.6 is 0 Å². The van der Waals surface area contributed by atoms with E-state index in [-0.39, 0.29) is 50.5 Å². The molecule has 328 valence electrons. The van der Waals surface area contributed by atoms with Crippen molar-refractivity contribution in [3.63, 3.8) is 0 Å². The minimum Gasteiger partial charge on any atom is -0.507 e. The van der Waals surface area contributed by atoms with Gasteiger partial charge in [0.1, 0.15) is 23.4 Å². The van der Waals surface area contributed by atoms with Gasteiger partial charge in [0.25, 0.3) is 11.7 Å². The van der Waals surface area contributed by atoms with Crippen LogP contribution in [0.5, 0.6) is 23.0 Å². The van der Waals surface area contributed by atoms with Gasteiger partial charge < -0.3 is 55.2 Å². The highest BCUT2D eigenvalue weighted by Crippen LogP contribution is 2.55. The summed E-state index contributed by atoms with van der Waals surface area (Å²) < 4.78 is 23.6. The van der Waals surface area contributed by atoms with Gasteiger partial charge in [-0.2, -0.15) is 5.10 Å². The van der Waals surface area contributed by atoms with E-state index in [4.69, 9.17) is 18.9 Å². The smallest absolute Gasteiger partial charge is 0.312 e. The molecule has 4 aliphatic rings. The van der Waals surface area contributed by atoms with Crippen LogP contribution in [0.15, 0.2) is 41.2 Å². The highest BCUT2D eigenvalue weighted by molar-refractivity contribution is 6.23. The molecular formula is C45H61N3O12. The third-order valence-corrected chi connectivity index (χ3v) is 12.3. The van der Waals surface area contributed by atoms with E-state index in [1.54, 1.807) is 39.8 Å². The second kappa shape index (κ2) is 19.1. The highest BCUT2D eigenvalue weighted by atomic mass is 16.7. The molecule has 15 nitrogen and oxygen atoms in total. The van der Waals surface area contributed by atoms with Crippen LogP contribution in [0, 0.1) is 30.6 Å². The fourth-order valence-electron chi connectivity index (χ4n) is 8.49. The van der Waals surface area contributed by atoms with E-state index in [0.717, 1.165) is 38.5 Å². The molecule has 6 rings (SSSR count). The summed E-state index contributed by atoms with van der Waals surface area (Å²) in [4.78, 5) is 40.5. The minimum atomic E-state index is -2.04. The molecule has 2 aromatic carbocycles. The fraction of sp³-hybridized carbons (Fsp3) is 0.556. The lowest BCUT2D eigenvalue weighted by Crippen LogP contribution is -2.46. The van der Waals surface area contributed by atoms with Gasteiger partial charge in [0.15, 0.2) is 5.75 Å². The Morgan fingerprint density at radius 1 is 0.933 bits per heavy atom. The van der Waals surface area contributed by atoms with Gasteiger partial charge in [-0.05, 0) is 32.8 Å². The number of ether oxygens (including phenoxy) is 4. The minimum absolute atomic E-state index is 0.0583. The molecule has 0 aromatic heterocycles. The van der Waals surface area contributed by atoms with E-state index in [9.17, 15) is 39.9 Å². The first-order valence-electron chi connectivity index (χ1n) is 20.7. The lowest BCUT2D eigenvalue weighted by Gasteiger charge is -2.38. The number of fused-ring (bicyclic) bond motifs is 14. The molecule has 0 saturated heterocycles. The van der Waals surface area contributed by atoms with E-state index in [1.165, 1.54) is 59.4 Å². The number of hydrogen-bond acceptors (Lipinski definition) is 14. The molecule has 60 heavy (non-hydrogen) atoms. The Kier molecular flexibility index (Phi) is 14.6. The molecule has 0 spiro atoms. The second-order valence-electron chi connectivity index (χ2n) is 16.7. The number of carbonyl (C=O) groups excluding carboxylic acids is 3. The van der Waals surface area contributed by atoms with Crippen molar-refractivity contribution in [3.05, 3.63) is 52.8 Å². The van der Waals surface area contributed by atoms with Crippen LogP contribution in [0.1, 0.15) is 108 Å². The van der Waals surface area contributed by atoms with E-state index >= 15 is 0 Å². The number of aliphatic hydroxyl groups excluding tert-OH is 2. The van der Waals surface area contributed by atoms with Crippen molar-refractivity contribution in [2.24, 2.45) is 28.8 Å². The molecule has 1 fully saturated rings. The van der Waals surface area contributed by atoms with Gasteiger partial charge in [-0.3, -0.25) is 14.4 Å². The molecule has 0 radical (unpaired) electrons. The Bertz CT molecular complexity index is 2070. The van der Waals surface area contributed by atoms with E-state index in [0.29, 0.717) is 0 Å². The summed E-state index contributed by atoms with van der Waals surface area (Å²) in [5, 5.41) is 65.0. The van der Waals surface area contributed by atoms with Gasteiger partial charge in [0.05, 0.1) is 53.0 Å². The Hall–Kier alpha value is -5.12. The maximum Gasteiger partial charge on any atom is 0.312 e. The second-order valence-corrected chi connectivity index (χ2v) is 16.7. The molecule has 3 aliphatic heterocycles. The summed E-state index contributed by atoms with van der Waals surface area (Å²) in [5.74, 6) is -8.33. The summed E-state index contributed by atoms with van der Waals surface area (Å²) in [5.41, 5.74) is 2.78. The van der Waals surface area contributed by atoms with Gasteiger partial charge in [0, 0.05) is 67.2 Å². The maximum absolute atomic E-state index is 14.4. The number of aromatic hydroxyl groups is 3. The number of methoxy groups -OCH3 is 1. The van der Waals surface area contributed by atoms with Crippen molar-refractivity contribution in [1.82, 2.24) is 5.43 Å². The molecule has 15 heteroatoms. The van der Waals surface area contributed by atoms with Gasteiger partial charge in [0.2, 0.25) is 0 Å². The van der Waals surface area contributed by atoms with Gasteiger partial charge in [-0.25, -0.2) is 0 Å². The number of allylic oxidation sites excluding steroid dienone is 2. The van der Waals surface area contributed by atoms with E-state index in [1.807, 2.05) is 0 Å². The number of esters is 1. The Labute approximate surface area is 351 Å². The highest BCUT2D eigenvalue weighted by Gasteiger charge is 2.50. The Morgan fingerprint density at radius 3 is 2.23 bits per heavy atom. The number of nitrogens with one attached hydrogen (secondary N) is 2. The number of phenols is 3. The fourth-order valence-corrected chi connectivity index (χ4v) is 8.49. The number of ketones is 1. The standard InChI is InChI=1S/C45H61N3O12/c1-22-15-14-16-23(2)44(56)47-35-30(21-46-48-29-17-12-10-11-13-18-29)39(53)32-33(40(35)54)38(52)27(6)42-34(32)43(55)45(8,60-42)58-20-19-31(57-9)24(3)41(59-28(7)49)26(5)37(51)25(4)36(22)50/h14-16,19-22,24-26,29,31,36-37,41,48,50-54H,10-13,17-18H2,1-9H3,(H,47,56).